The highest BCUT2D eigenvalue weighted by Gasteiger charge is 1.95. The second kappa shape index (κ2) is 4.22. The van der Waals surface area contributed by atoms with Gasteiger partial charge in [-0.3, -0.25) is 0 Å². The minimum Gasteiger partial charge on any atom is -0.384 e. The third kappa shape index (κ3) is 2.02. The third-order valence-electron chi connectivity index (χ3n) is 2.55. The average molecular weight is 234 g/mol. The predicted molar refractivity (Wildman–Crippen MR) is 70.7 cm³/mol. The first kappa shape index (κ1) is 10.4. The smallest absolute Gasteiger partial charge is 0.124 e. The van der Waals surface area contributed by atoms with Gasteiger partial charge >= 0.3 is 0 Å². The number of H-pyrrole nitrogens is 1. The molecule has 2 heterocycles. The molecule has 0 saturated carbocycles. The van der Waals surface area contributed by atoms with Crippen molar-refractivity contribution in [2.24, 2.45) is 0 Å². The summed E-state index contributed by atoms with van der Waals surface area (Å²) >= 11 is 0. The zero-order valence-corrected chi connectivity index (χ0v) is 9.51. The largest absolute Gasteiger partial charge is 0.384 e. The van der Waals surface area contributed by atoms with Gasteiger partial charge in [-0.15, -0.1) is 0 Å². The summed E-state index contributed by atoms with van der Waals surface area (Å²) in [6.07, 6.45) is 3.32. The summed E-state index contributed by atoms with van der Waals surface area (Å²) in [5.74, 6) is 6.62. The number of fused-ring (bicyclic) bond motifs is 1. The number of rotatable bonds is 0. The highest BCUT2D eigenvalue weighted by Crippen LogP contribution is 2.10. The third-order valence-corrected chi connectivity index (χ3v) is 2.55. The quantitative estimate of drug-likeness (QED) is 0.584. The lowest BCUT2D eigenvalue weighted by atomic mass is 10.2. The van der Waals surface area contributed by atoms with Crippen molar-refractivity contribution < 1.29 is 0 Å². The van der Waals surface area contributed by atoms with E-state index in [1.807, 2.05) is 24.3 Å². The maximum Gasteiger partial charge on any atom is 0.124 e. The normalized spacial score (nSPS) is 10.0. The molecule has 0 aliphatic heterocycles. The van der Waals surface area contributed by atoms with Crippen LogP contribution in [0.3, 0.4) is 0 Å². The summed E-state index contributed by atoms with van der Waals surface area (Å²) in [5, 5.41) is 0. The number of pyridine rings is 1. The maximum absolute atomic E-state index is 5.60. The zero-order chi connectivity index (χ0) is 12.4. The summed E-state index contributed by atoms with van der Waals surface area (Å²) < 4.78 is 0. The van der Waals surface area contributed by atoms with Crippen LogP contribution < -0.4 is 5.73 Å². The average Bonchev–Trinajstić information content (AvgIpc) is 2.84. The van der Waals surface area contributed by atoms with E-state index in [1.165, 1.54) is 0 Å². The molecule has 3 N–H and O–H groups in total. The fourth-order valence-electron chi connectivity index (χ4n) is 1.68. The number of nitrogens with one attached hydrogen (secondary N) is 1. The Bertz CT molecular complexity index is 762. The summed E-state index contributed by atoms with van der Waals surface area (Å²) in [6.45, 7) is 0. The highest BCUT2D eigenvalue weighted by molar-refractivity contribution is 5.76. The minimum absolute atomic E-state index is 0.478. The van der Waals surface area contributed by atoms with Gasteiger partial charge in [-0.25, -0.2) is 9.97 Å². The van der Waals surface area contributed by atoms with Crippen molar-refractivity contribution in [3.63, 3.8) is 0 Å². The number of aromatic nitrogens is 3. The number of nitrogen functional groups attached to an aromatic ring is 1. The van der Waals surface area contributed by atoms with E-state index in [0.717, 1.165) is 22.2 Å². The van der Waals surface area contributed by atoms with Gasteiger partial charge in [0.05, 0.1) is 17.4 Å². The van der Waals surface area contributed by atoms with Crippen molar-refractivity contribution in [1.29, 1.82) is 0 Å². The number of hydrogen-bond donors (Lipinski definition) is 2. The van der Waals surface area contributed by atoms with Gasteiger partial charge < -0.3 is 10.7 Å². The number of nitrogens with zero attached hydrogens (tertiary/aromatic N) is 2. The molecule has 4 heteroatoms. The Balaban J connectivity index is 1.97. The molecule has 3 rings (SSSR count). The molecular formula is C14H10N4. The first-order valence-corrected chi connectivity index (χ1v) is 5.48. The lowest BCUT2D eigenvalue weighted by molar-refractivity contribution is 1.33. The molecule has 0 spiro atoms. The van der Waals surface area contributed by atoms with Gasteiger partial charge in [-0.05, 0) is 30.3 Å². The van der Waals surface area contributed by atoms with Crippen LogP contribution in [-0.4, -0.2) is 15.0 Å². The maximum atomic E-state index is 5.60. The predicted octanol–water partition coefficient (Wildman–Crippen LogP) is 1.94. The molecule has 0 aliphatic carbocycles. The molecular weight excluding hydrogens is 224 g/mol. The van der Waals surface area contributed by atoms with Crippen molar-refractivity contribution in [1.82, 2.24) is 15.0 Å². The Morgan fingerprint density at radius 3 is 2.67 bits per heavy atom. The van der Waals surface area contributed by atoms with Crippen molar-refractivity contribution in [3.8, 4) is 11.8 Å². The number of aromatic amines is 1. The van der Waals surface area contributed by atoms with E-state index in [2.05, 4.69) is 26.8 Å². The summed E-state index contributed by atoms with van der Waals surface area (Å²) in [6, 6.07) is 9.44. The molecule has 18 heavy (non-hydrogen) atoms. The molecule has 1 aromatic carbocycles. The van der Waals surface area contributed by atoms with Gasteiger partial charge in [0.1, 0.15) is 5.82 Å². The first-order chi connectivity index (χ1) is 8.81. The Labute approximate surface area is 104 Å². The molecule has 4 nitrogen and oxygen atoms in total. The number of hydrogen-bond acceptors (Lipinski definition) is 3. The Kier molecular flexibility index (Phi) is 2.43. The van der Waals surface area contributed by atoms with Gasteiger partial charge in [0.25, 0.3) is 0 Å². The lowest BCUT2D eigenvalue weighted by Crippen LogP contribution is -1.89. The first-order valence-electron chi connectivity index (χ1n) is 5.48. The standard InChI is InChI=1S/C14H10N4/c15-14-8-11(5-6-16-14)2-1-10-3-4-12-13(7-10)18-9-17-12/h3-9H,(H2,15,16)(H,17,18). The van der Waals surface area contributed by atoms with E-state index in [4.69, 9.17) is 5.73 Å². The molecule has 0 atom stereocenters. The second-order valence-corrected chi connectivity index (χ2v) is 3.85. The molecule has 0 unspecified atom stereocenters. The topological polar surface area (TPSA) is 67.6 Å². The van der Waals surface area contributed by atoms with E-state index in [9.17, 15) is 0 Å². The van der Waals surface area contributed by atoms with Crippen LogP contribution in [0.2, 0.25) is 0 Å². The van der Waals surface area contributed by atoms with Gasteiger partial charge in [0, 0.05) is 17.3 Å². The van der Waals surface area contributed by atoms with Crippen molar-refractivity contribution in [2.45, 2.75) is 0 Å². The highest BCUT2D eigenvalue weighted by atomic mass is 14.9. The summed E-state index contributed by atoms with van der Waals surface area (Å²) in [4.78, 5) is 11.1. The molecule has 3 aromatic rings. The van der Waals surface area contributed by atoms with Crippen molar-refractivity contribution in [3.05, 3.63) is 54.0 Å². The number of anilines is 1. The van der Waals surface area contributed by atoms with E-state index >= 15 is 0 Å². The molecule has 0 fully saturated rings. The van der Waals surface area contributed by atoms with Gasteiger partial charge in [0.15, 0.2) is 0 Å². The van der Waals surface area contributed by atoms with E-state index in [0.29, 0.717) is 5.82 Å². The van der Waals surface area contributed by atoms with Gasteiger partial charge in [0.2, 0.25) is 0 Å². The van der Waals surface area contributed by atoms with Gasteiger partial charge in [-0.1, -0.05) is 11.8 Å². The molecule has 0 aliphatic rings. The summed E-state index contributed by atoms with van der Waals surface area (Å²) in [7, 11) is 0. The molecule has 0 saturated heterocycles. The molecule has 0 amide bonds. The van der Waals surface area contributed by atoms with Gasteiger partial charge in [-0.2, -0.15) is 0 Å². The van der Waals surface area contributed by atoms with Crippen LogP contribution in [0.4, 0.5) is 5.82 Å². The van der Waals surface area contributed by atoms with Crippen LogP contribution in [0.1, 0.15) is 11.1 Å². The molecule has 0 radical (unpaired) electrons. The van der Waals surface area contributed by atoms with Crippen molar-refractivity contribution in [2.75, 3.05) is 5.73 Å². The fraction of sp³-hybridized carbons (Fsp3) is 0. The Hall–Kier alpha value is -2.80. The summed E-state index contributed by atoms with van der Waals surface area (Å²) in [5.41, 5.74) is 9.30. The van der Waals surface area contributed by atoms with Crippen LogP contribution in [0.15, 0.2) is 42.9 Å². The van der Waals surface area contributed by atoms with Crippen molar-refractivity contribution >= 4 is 16.9 Å². The molecule has 86 valence electrons. The zero-order valence-electron chi connectivity index (χ0n) is 9.51. The number of benzene rings is 1. The van der Waals surface area contributed by atoms with E-state index in [1.54, 1.807) is 18.6 Å². The lowest BCUT2D eigenvalue weighted by Gasteiger charge is -1.93. The SMILES string of the molecule is Nc1cc(C#Cc2ccc3nc[nH]c3c2)ccn1. The monoisotopic (exact) mass is 234 g/mol. The van der Waals surface area contributed by atoms with Crippen LogP contribution >= 0.6 is 0 Å². The fourth-order valence-corrected chi connectivity index (χ4v) is 1.68. The second-order valence-electron chi connectivity index (χ2n) is 3.85. The molecule has 0 bridgehead atoms. The number of imidazole rings is 1. The Morgan fingerprint density at radius 2 is 1.83 bits per heavy atom. The van der Waals surface area contributed by atoms with Crippen LogP contribution in [0.25, 0.3) is 11.0 Å². The van der Waals surface area contributed by atoms with Crippen LogP contribution in [-0.2, 0) is 0 Å². The van der Waals surface area contributed by atoms with Crippen LogP contribution in [0, 0.1) is 11.8 Å². The van der Waals surface area contributed by atoms with E-state index in [-0.39, 0.29) is 0 Å². The van der Waals surface area contributed by atoms with Crippen LogP contribution in [0.5, 0.6) is 0 Å². The minimum atomic E-state index is 0.478. The Morgan fingerprint density at radius 1 is 1.00 bits per heavy atom. The number of nitrogens with two attached hydrogens (primary N) is 1. The molecule has 2 aromatic heterocycles. The van der Waals surface area contributed by atoms with E-state index < -0.39 is 0 Å².